The van der Waals surface area contributed by atoms with Gasteiger partial charge in [0.1, 0.15) is 11.2 Å². The van der Waals surface area contributed by atoms with Crippen molar-refractivity contribution in [1.29, 1.82) is 0 Å². The van der Waals surface area contributed by atoms with Crippen molar-refractivity contribution in [2.24, 2.45) is 0 Å². The monoisotopic (exact) mass is 628 g/mol. The minimum Gasteiger partial charge on any atom is -0.456 e. The second-order valence-electron chi connectivity index (χ2n) is 11.0. The van der Waals surface area contributed by atoms with Crippen LogP contribution < -0.4 is 4.90 Å². The van der Waals surface area contributed by atoms with Gasteiger partial charge in [0, 0.05) is 27.8 Å². The SMILES string of the molecule is [2H]c1c([2H])c([2H])c(-c2c([2H])c([2H])c3c([2H])c([2H])c(-c4c([2H])c([2H])c(N(c5cccc(-c6ccccc6)c5)c5ccc6oc7ccccc7c6c5)c([2H])c4[2H])c([2H])c3c2[2H])c([2H])c1[2H]. The maximum Gasteiger partial charge on any atom is 0.135 e. The Balaban J connectivity index is 1.32. The molecule has 0 saturated heterocycles. The predicted octanol–water partition coefficient (Wildman–Crippen LogP) is 13.2. The summed E-state index contributed by atoms with van der Waals surface area (Å²) < 4.78 is 140. The first kappa shape index (κ1) is 16.4. The zero-order valence-corrected chi connectivity index (χ0v) is 25.1. The summed E-state index contributed by atoms with van der Waals surface area (Å²) in [7, 11) is 0. The van der Waals surface area contributed by atoms with Crippen LogP contribution in [-0.2, 0) is 0 Å². The molecule has 48 heavy (non-hydrogen) atoms. The summed E-state index contributed by atoms with van der Waals surface area (Å²) in [5.74, 6) is 0. The fraction of sp³-hybridized carbons (Fsp3) is 0. The zero-order chi connectivity index (χ0) is 44.9. The molecule has 0 N–H and O–H groups in total. The molecule has 2 nitrogen and oxygen atoms in total. The first-order valence-electron chi connectivity index (χ1n) is 22.6. The molecule has 1 aromatic heterocycles. The quantitative estimate of drug-likeness (QED) is 0.182. The minimum atomic E-state index is -0.766. The van der Waals surface area contributed by atoms with Crippen molar-refractivity contribution in [2.75, 3.05) is 4.90 Å². The fourth-order valence-electron chi connectivity index (χ4n) is 5.76. The molecule has 0 aliphatic rings. The van der Waals surface area contributed by atoms with Crippen LogP contribution in [0.2, 0.25) is 0 Å². The second-order valence-corrected chi connectivity index (χ2v) is 11.0. The van der Waals surface area contributed by atoms with E-state index in [-0.39, 0.29) is 5.69 Å². The molecule has 0 fully saturated rings. The average Bonchev–Trinajstić information content (AvgIpc) is 3.66. The van der Waals surface area contributed by atoms with E-state index in [4.69, 9.17) is 16.8 Å². The van der Waals surface area contributed by atoms with Crippen LogP contribution in [0.25, 0.3) is 66.1 Å². The largest absolute Gasteiger partial charge is 0.456 e. The molecule has 9 rings (SSSR count). The fourth-order valence-corrected chi connectivity index (χ4v) is 5.76. The highest BCUT2D eigenvalue weighted by Crippen LogP contribution is 2.40. The maximum atomic E-state index is 9.54. The van der Waals surface area contributed by atoms with Gasteiger partial charge in [-0.05, 0) is 105 Å². The Kier molecular flexibility index (Phi) is 4.03. The maximum absolute atomic E-state index is 9.54. The van der Waals surface area contributed by atoms with Crippen molar-refractivity contribution in [3.05, 3.63) is 188 Å². The third-order valence-electron chi connectivity index (χ3n) is 8.04. The van der Waals surface area contributed by atoms with Crippen LogP contribution >= 0.6 is 0 Å². The van der Waals surface area contributed by atoms with Crippen LogP contribution in [0.1, 0.15) is 20.6 Å². The molecule has 0 unspecified atom stereocenters. The van der Waals surface area contributed by atoms with Crippen LogP contribution in [0.15, 0.2) is 192 Å². The molecule has 8 aromatic carbocycles. The molecular formula is C46H31NO. The summed E-state index contributed by atoms with van der Waals surface area (Å²) in [6.45, 7) is 0. The summed E-state index contributed by atoms with van der Waals surface area (Å²) >= 11 is 0. The average molecular weight is 629 g/mol. The van der Waals surface area contributed by atoms with Crippen LogP contribution in [0.4, 0.5) is 17.1 Å². The van der Waals surface area contributed by atoms with Gasteiger partial charge in [-0.3, -0.25) is 0 Å². The van der Waals surface area contributed by atoms with E-state index in [1.807, 2.05) is 78.9 Å². The van der Waals surface area contributed by atoms with Crippen molar-refractivity contribution >= 4 is 49.8 Å². The number of nitrogens with zero attached hydrogens (tertiary/aromatic N) is 1. The van der Waals surface area contributed by atoms with E-state index >= 15 is 0 Å². The standard InChI is InChI=1S/C46H31NO/c1-3-10-32(11-4-1)36-14-9-15-41(30-36)47(42-26-27-46-44(31-42)43-16-7-8-17-45(43)48-46)40-24-22-34(23-25-40)38-21-19-35-18-20-37(28-39(35)29-38)33-12-5-2-6-13-33/h1-31H/i2D,5D,6D,12D,13D,18D,19D,20D,21D,22D,23D,24D,25D,28D,29D. The molecule has 0 aliphatic carbocycles. The van der Waals surface area contributed by atoms with Gasteiger partial charge >= 0.3 is 0 Å². The minimum absolute atomic E-state index is 0.173. The Morgan fingerprint density at radius 3 is 1.83 bits per heavy atom. The van der Waals surface area contributed by atoms with E-state index in [9.17, 15) is 8.22 Å². The van der Waals surface area contributed by atoms with Gasteiger partial charge in [-0.25, -0.2) is 0 Å². The molecule has 226 valence electrons. The number of fused-ring (bicyclic) bond motifs is 4. The number of hydrogen-bond acceptors (Lipinski definition) is 2. The van der Waals surface area contributed by atoms with Crippen molar-refractivity contribution in [3.63, 3.8) is 0 Å². The normalized spacial score (nSPS) is 15.7. The number of furan rings is 1. The summed E-state index contributed by atoms with van der Waals surface area (Å²) in [5, 5.41) is 0.565. The Morgan fingerprint density at radius 1 is 0.396 bits per heavy atom. The third-order valence-corrected chi connectivity index (χ3v) is 8.04. The molecule has 0 aliphatic heterocycles. The lowest BCUT2D eigenvalue weighted by Crippen LogP contribution is -2.10. The first-order chi connectivity index (χ1) is 30.0. The van der Waals surface area contributed by atoms with Crippen molar-refractivity contribution in [3.8, 4) is 33.4 Å². The molecule has 0 spiro atoms. The van der Waals surface area contributed by atoms with Crippen molar-refractivity contribution in [1.82, 2.24) is 0 Å². The molecule has 0 saturated carbocycles. The molecule has 0 atom stereocenters. The lowest BCUT2D eigenvalue weighted by molar-refractivity contribution is 0.669. The lowest BCUT2D eigenvalue weighted by atomic mass is 9.97. The van der Waals surface area contributed by atoms with E-state index in [0.717, 1.165) is 21.9 Å². The Labute approximate surface area is 300 Å². The van der Waals surface area contributed by atoms with E-state index in [1.54, 1.807) is 23.1 Å². The summed E-state index contributed by atoms with van der Waals surface area (Å²) in [4.78, 5) is 1.59. The first-order valence-corrected chi connectivity index (χ1v) is 15.1. The smallest absolute Gasteiger partial charge is 0.135 e. The summed E-state index contributed by atoms with van der Waals surface area (Å²) in [5.41, 5.74) is 1.44. The van der Waals surface area contributed by atoms with Crippen LogP contribution in [0.3, 0.4) is 0 Å². The highest BCUT2D eigenvalue weighted by Gasteiger charge is 2.16. The van der Waals surface area contributed by atoms with E-state index in [2.05, 4.69) is 0 Å². The highest BCUT2D eigenvalue weighted by atomic mass is 16.3. The van der Waals surface area contributed by atoms with Crippen LogP contribution in [0, 0.1) is 0 Å². The Bertz CT molecular complexity index is 3360. The number of para-hydroxylation sites is 1. The van der Waals surface area contributed by atoms with Crippen molar-refractivity contribution < 1.29 is 25.0 Å². The lowest BCUT2D eigenvalue weighted by Gasteiger charge is -2.26. The molecule has 1 heterocycles. The van der Waals surface area contributed by atoms with Crippen LogP contribution in [-0.4, -0.2) is 0 Å². The zero-order valence-electron chi connectivity index (χ0n) is 40.1. The van der Waals surface area contributed by atoms with Gasteiger partial charge in [-0.15, -0.1) is 0 Å². The molecule has 9 aromatic rings. The molecule has 0 radical (unpaired) electrons. The number of rotatable bonds is 6. The third kappa shape index (κ3) is 5.10. The van der Waals surface area contributed by atoms with Crippen LogP contribution in [0.5, 0.6) is 0 Å². The van der Waals surface area contributed by atoms with Gasteiger partial charge < -0.3 is 9.32 Å². The van der Waals surface area contributed by atoms with Gasteiger partial charge in [-0.1, -0.05) is 127 Å². The Morgan fingerprint density at radius 2 is 1.04 bits per heavy atom. The predicted molar refractivity (Wildman–Crippen MR) is 202 cm³/mol. The van der Waals surface area contributed by atoms with Gasteiger partial charge in [0.25, 0.3) is 0 Å². The van der Waals surface area contributed by atoms with Gasteiger partial charge in [0.2, 0.25) is 0 Å². The molecular weight excluding hydrogens is 583 g/mol. The van der Waals surface area contributed by atoms with E-state index < -0.39 is 124 Å². The Hall–Kier alpha value is -6.38. The summed E-state index contributed by atoms with van der Waals surface area (Å²) in [6, 6.07) is 19.0. The van der Waals surface area contributed by atoms with E-state index in [0.29, 0.717) is 22.5 Å². The number of benzene rings is 8. The summed E-state index contributed by atoms with van der Waals surface area (Å²) in [6.07, 6.45) is 0. The molecule has 0 bridgehead atoms. The highest BCUT2D eigenvalue weighted by molar-refractivity contribution is 6.06. The van der Waals surface area contributed by atoms with Gasteiger partial charge in [0.05, 0.1) is 20.6 Å². The number of hydrogen-bond donors (Lipinski definition) is 0. The molecule has 2 heteroatoms. The van der Waals surface area contributed by atoms with Crippen molar-refractivity contribution in [2.45, 2.75) is 0 Å². The second kappa shape index (κ2) is 11.8. The van der Waals surface area contributed by atoms with Gasteiger partial charge in [-0.2, -0.15) is 0 Å². The topological polar surface area (TPSA) is 16.4 Å². The molecule has 0 amide bonds. The van der Waals surface area contributed by atoms with E-state index in [1.165, 1.54) is 0 Å². The van der Waals surface area contributed by atoms with Gasteiger partial charge in [0.15, 0.2) is 0 Å². The number of anilines is 3.